The number of nitrogens with zero attached hydrogens (tertiary/aromatic N) is 1. The fourth-order valence-electron chi connectivity index (χ4n) is 2.90. The number of ether oxygens (including phenoxy) is 1. The largest absolute Gasteiger partial charge is 0.490 e. The molecule has 1 N–H and O–H groups in total. The van der Waals surface area contributed by atoms with E-state index in [-0.39, 0.29) is 5.41 Å². The monoisotopic (exact) mass is 348 g/mol. The second kappa shape index (κ2) is 7.44. The summed E-state index contributed by atoms with van der Waals surface area (Å²) in [5, 5.41) is 3.63. The number of nitrogens with one attached hydrogen (secondary N) is 1. The number of rotatable bonds is 7. The number of thioether (sulfide) groups is 1. The molecule has 1 saturated carbocycles. The van der Waals surface area contributed by atoms with Gasteiger partial charge in [0.2, 0.25) is 0 Å². The van der Waals surface area contributed by atoms with Crippen LogP contribution in [-0.2, 0) is 4.79 Å². The minimum Gasteiger partial charge on any atom is -0.490 e. The van der Waals surface area contributed by atoms with Crippen LogP contribution in [0.5, 0.6) is 5.75 Å². The van der Waals surface area contributed by atoms with Gasteiger partial charge in [0.15, 0.2) is 5.12 Å². The lowest BCUT2D eigenvalue weighted by Gasteiger charge is -2.27. The van der Waals surface area contributed by atoms with E-state index < -0.39 is 0 Å². The smallest absolute Gasteiger partial charge is 0.194 e. The maximum Gasteiger partial charge on any atom is 0.194 e. The molecule has 3 rings (SSSR count). The van der Waals surface area contributed by atoms with Crippen molar-refractivity contribution in [2.75, 3.05) is 18.9 Å². The molecule has 0 radical (unpaired) electrons. The molecule has 0 spiro atoms. The minimum absolute atomic E-state index is 0.238. The average Bonchev–Trinajstić information content (AvgIpc) is 3.24. The van der Waals surface area contributed by atoms with Gasteiger partial charge in [0.1, 0.15) is 12.4 Å². The molecule has 2 aliphatic rings. The Morgan fingerprint density at radius 3 is 2.88 bits per heavy atom. The van der Waals surface area contributed by atoms with E-state index in [1.165, 1.54) is 30.2 Å². The molecule has 1 aromatic heterocycles. The molecule has 1 aromatic rings. The van der Waals surface area contributed by atoms with Gasteiger partial charge in [0, 0.05) is 23.4 Å². The van der Waals surface area contributed by atoms with Gasteiger partial charge in [-0.3, -0.25) is 9.78 Å². The minimum atomic E-state index is -0.238. The second-order valence-corrected chi connectivity index (χ2v) is 9.05. The van der Waals surface area contributed by atoms with Gasteiger partial charge in [-0.2, -0.15) is 0 Å². The molecule has 2 fully saturated rings. The SMILES string of the molecule is CC(C)(C)C(=O)SCC[C@@H]1C[C@@H]1c1cncc(OC[C@@H]2CCN2)c1. The Hall–Kier alpha value is -1.07. The van der Waals surface area contributed by atoms with Gasteiger partial charge in [-0.15, -0.1) is 0 Å². The number of hydrogen-bond acceptors (Lipinski definition) is 5. The van der Waals surface area contributed by atoms with Crippen molar-refractivity contribution in [3.8, 4) is 5.75 Å². The van der Waals surface area contributed by atoms with E-state index in [0.717, 1.165) is 31.1 Å². The molecule has 0 aromatic carbocycles. The second-order valence-electron chi connectivity index (χ2n) is 7.98. The predicted octanol–water partition coefficient (Wildman–Crippen LogP) is 3.62. The molecule has 132 valence electrons. The lowest BCUT2D eigenvalue weighted by atomic mass is 10.00. The highest BCUT2D eigenvalue weighted by molar-refractivity contribution is 8.13. The van der Waals surface area contributed by atoms with Crippen molar-refractivity contribution >= 4 is 16.9 Å². The van der Waals surface area contributed by atoms with Crippen LogP contribution in [0, 0.1) is 11.3 Å². The number of aromatic nitrogens is 1. The third-order valence-corrected chi connectivity index (χ3v) is 6.11. The maximum absolute atomic E-state index is 12.0. The van der Waals surface area contributed by atoms with E-state index in [1.54, 1.807) is 6.20 Å². The van der Waals surface area contributed by atoms with E-state index in [0.29, 0.717) is 23.0 Å². The summed E-state index contributed by atoms with van der Waals surface area (Å²) in [5.41, 5.74) is 1.05. The zero-order valence-electron chi connectivity index (χ0n) is 14.9. The third kappa shape index (κ3) is 4.73. The summed E-state index contributed by atoms with van der Waals surface area (Å²) >= 11 is 1.49. The van der Waals surface area contributed by atoms with Crippen LogP contribution >= 0.6 is 11.8 Å². The highest BCUT2D eigenvalue weighted by Crippen LogP contribution is 2.50. The molecular weight excluding hydrogens is 320 g/mol. The molecule has 4 nitrogen and oxygen atoms in total. The maximum atomic E-state index is 12.0. The van der Waals surface area contributed by atoms with Crippen LogP contribution in [0.3, 0.4) is 0 Å². The summed E-state index contributed by atoms with van der Waals surface area (Å²) in [4.78, 5) is 16.3. The van der Waals surface area contributed by atoms with Crippen LogP contribution in [0.4, 0.5) is 0 Å². The number of carbonyl (C=O) groups is 1. The quantitative estimate of drug-likeness (QED) is 0.815. The van der Waals surface area contributed by atoms with Crippen molar-refractivity contribution < 1.29 is 9.53 Å². The number of pyridine rings is 1. The summed E-state index contributed by atoms with van der Waals surface area (Å²) in [6, 6.07) is 2.64. The molecule has 1 saturated heterocycles. The summed E-state index contributed by atoms with van der Waals surface area (Å²) in [6.45, 7) is 7.78. The van der Waals surface area contributed by atoms with Gasteiger partial charge in [0.05, 0.1) is 6.20 Å². The molecule has 2 heterocycles. The molecule has 0 amide bonds. The molecule has 1 aliphatic carbocycles. The van der Waals surface area contributed by atoms with Crippen LogP contribution in [0.15, 0.2) is 18.5 Å². The van der Waals surface area contributed by atoms with Crippen molar-refractivity contribution in [3.05, 3.63) is 24.0 Å². The van der Waals surface area contributed by atoms with E-state index in [2.05, 4.69) is 16.4 Å². The Labute approximate surface area is 149 Å². The lowest BCUT2D eigenvalue weighted by molar-refractivity contribution is -0.117. The fourth-order valence-corrected chi connectivity index (χ4v) is 3.94. The van der Waals surface area contributed by atoms with Crippen LogP contribution in [0.25, 0.3) is 0 Å². The van der Waals surface area contributed by atoms with Crippen LogP contribution in [0.2, 0.25) is 0 Å². The van der Waals surface area contributed by atoms with Gasteiger partial charge in [0.25, 0.3) is 0 Å². The van der Waals surface area contributed by atoms with Crippen LogP contribution in [-0.4, -0.2) is 35.0 Å². The van der Waals surface area contributed by atoms with Gasteiger partial charge in [-0.1, -0.05) is 32.5 Å². The van der Waals surface area contributed by atoms with Gasteiger partial charge in [-0.05, 0) is 49.3 Å². The Morgan fingerprint density at radius 1 is 1.42 bits per heavy atom. The van der Waals surface area contributed by atoms with Gasteiger partial charge < -0.3 is 10.1 Å². The molecule has 1 aliphatic heterocycles. The molecule has 0 unspecified atom stereocenters. The Morgan fingerprint density at radius 2 is 2.21 bits per heavy atom. The highest BCUT2D eigenvalue weighted by atomic mass is 32.2. The van der Waals surface area contributed by atoms with Crippen molar-refractivity contribution in [2.45, 2.75) is 52.0 Å². The molecule has 0 bridgehead atoms. The molecular formula is C19H28N2O2S. The molecule has 5 heteroatoms. The summed E-state index contributed by atoms with van der Waals surface area (Å²) in [7, 11) is 0. The third-order valence-electron chi connectivity index (χ3n) is 4.80. The molecule has 24 heavy (non-hydrogen) atoms. The first-order chi connectivity index (χ1) is 11.4. The fraction of sp³-hybridized carbons (Fsp3) is 0.684. The molecule has 3 atom stereocenters. The first-order valence-electron chi connectivity index (χ1n) is 8.92. The van der Waals surface area contributed by atoms with E-state index in [9.17, 15) is 4.79 Å². The van der Waals surface area contributed by atoms with Crippen molar-refractivity contribution in [1.29, 1.82) is 0 Å². The zero-order chi connectivity index (χ0) is 17.2. The van der Waals surface area contributed by atoms with E-state index in [4.69, 9.17) is 4.74 Å². The average molecular weight is 349 g/mol. The topological polar surface area (TPSA) is 51.2 Å². The Bertz CT molecular complexity index is 581. The van der Waals surface area contributed by atoms with E-state index in [1.807, 2.05) is 27.0 Å². The summed E-state index contributed by atoms with van der Waals surface area (Å²) < 4.78 is 5.84. The van der Waals surface area contributed by atoms with Crippen molar-refractivity contribution in [2.24, 2.45) is 11.3 Å². The van der Waals surface area contributed by atoms with Crippen molar-refractivity contribution in [3.63, 3.8) is 0 Å². The normalized spacial score (nSPS) is 25.9. The lowest BCUT2D eigenvalue weighted by Crippen LogP contribution is -2.46. The summed E-state index contributed by atoms with van der Waals surface area (Å²) in [5.74, 6) is 3.08. The Balaban J connectivity index is 1.42. The number of hydrogen-bond donors (Lipinski definition) is 1. The zero-order valence-corrected chi connectivity index (χ0v) is 15.7. The van der Waals surface area contributed by atoms with Crippen LogP contribution < -0.4 is 10.1 Å². The predicted molar refractivity (Wildman–Crippen MR) is 98.5 cm³/mol. The first kappa shape index (κ1) is 17.7. The van der Waals surface area contributed by atoms with Crippen molar-refractivity contribution in [1.82, 2.24) is 10.3 Å². The van der Waals surface area contributed by atoms with Gasteiger partial charge in [-0.25, -0.2) is 0 Å². The Kier molecular flexibility index (Phi) is 5.50. The summed E-state index contributed by atoms with van der Waals surface area (Å²) in [6.07, 6.45) is 7.28. The van der Waals surface area contributed by atoms with Crippen LogP contribution in [0.1, 0.15) is 51.5 Å². The first-order valence-corrected chi connectivity index (χ1v) is 9.90. The highest BCUT2D eigenvalue weighted by Gasteiger charge is 2.38. The van der Waals surface area contributed by atoms with Gasteiger partial charge >= 0.3 is 0 Å². The standard InChI is InChI=1S/C19H28N2O2S/c1-19(2,3)18(22)24-7-5-13-9-17(13)14-8-16(11-20-10-14)23-12-15-4-6-21-15/h8,10-11,13,15,17,21H,4-7,9,12H2,1-3H3/t13-,15+,17+/m1/s1. The number of carbonyl (C=O) groups excluding carboxylic acids is 1. The van der Waals surface area contributed by atoms with E-state index >= 15 is 0 Å².